The van der Waals surface area contributed by atoms with Gasteiger partial charge in [-0.3, -0.25) is 10.1 Å². The summed E-state index contributed by atoms with van der Waals surface area (Å²) in [6.45, 7) is 0. The molecule has 1 aromatic carbocycles. The fourth-order valence-corrected chi connectivity index (χ4v) is 1.45. The number of nitro benzene ring substituents is 1. The number of nitrogens with zero attached hydrogens (tertiary/aromatic N) is 1. The van der Waals surface area contributed by atoms with E-state index in [0.717, 1.165) is 5.52 Å². The number of H-pyrrole nitrogens is 1. The van der Waals surface area contributed by atoms with Crippen LogP contribution in [0.5, 0.6) is 5.75 Å². The number of benzene rings is 1. The molecule has 2 rings (SSSR count). The summed E-state index contributed by atoms with van der Waals surface area (Å²) < 4.78 is 4.93. The molecule has 0 saturated carbocycles. The first-order valence-corrected chi connectivity index (χ1v) is 4.02. The van der Waals surface area contributed by atoms with Gasteiger partial charge in [0.25, 0.3) is 0 Å². The lowest BCUT2D eigenvalue weighted by atomic mass is 10.2. The number of hydrogen-bond donors (Lipinski definition) is 1. The van der Waals surface area contributed by atoms with Gasteiger partial charge in [0.05, 0.1) is 22.9 Å². The van der Waals surface area contributed by atoms with Crippen molar-refractivity contribution in [2.75, 3.05) is 7.11 Å². The molecule has 0 amide bonds. The van der Waals surface area contributed by atoms with E-state index < -0.39 is 4.92 Å². The Hall–Kier alpha value is -2.04. The van der Waals surface area contributed by atoms with Crippen LogP contribution in [0.4, 0.5) is 5.69 Å². The van der Waals surface area contributed by atoms with Crippen LogP contribution in [0.25, 0.3) is 10.9 Å². The lowest BCUT2D eigenvalue weighted by Crippen LogP contribution is -1.93. The van der Waals surface area contributed by atoms with Crippen LogP contribution in [-0.4, -0.2) is 17.0 Å². The van der Waals surface area contributed by atoms with Crippen molar-refractivity contribution >= 4 is 16.6 Å². The molecule has 72 valence electrons. The van der Waals surface area contributed by atoms with E-state index in [4.69, 9.17) is 4.74 Å². The number of aromatic nitrogens is 1. The number of rotatable bonds is 2. The molecule has 1 heterocycles. The first-order chi connectivity index (χ1) is 6.74. The molecule has 0 spiro atoms. The minimum atomic E-state index is -0.436. The van der Waals surface area contributed by atoms with Crippen molar-refractivity contribution in [1.29, 1.82) is 0 Å². The molecule has 2 aromatic rings. The van der Waals surface area contributed by atoms with Crippen LogP contribution in [0.3, 0.4) is 0 Å². The predicted molar refractivity (Wildman–Crippen MR) is 51.5 cm³/mol. The number of nitrogens with one attached hydrogen (secondary N) is 1. The van der Waals surface area contributed by atoms with Crippen LogP contribution in [0, 0.1) is 10.1 Å². The number of methoxy groups -OCH3 is 1. The minimum absolute atomic E-state index is 0.00579. The van der Waals surface area contributed by atoms with E-state index in [2.05, 4.69) is 4.98 Å². The Kier molecular flexibility index (Phi) is 1.85. The highest BCUT2D eigenvalue weighted by atomic mass is 16.6. The zero-order chi connectivity index (χ0) is 10.1. The zero-order valence-corrected chi connectivity index (χ0v) is 7.48. The molecular formula is C9H8N2O3. The van der Waals surface area contributed by atoms with Crippen molar-refractivity contribution in [3.63, 3.8) is 0 Å². The Morgan fingerprint density at radius 2 is 2.21 bits per heavy atom. The molecule has 0 saturated heterocycles. The molecule has 0 radical (unpaired) electrons. The lowest BCUT2D eigenvalue weighted by molar-refractivity contribution is -0.383. The second-order valence-electron chi connectivity index (χ2n) is 2.81. The summed E-state index contributed by atoms with van der Waals surface area (Å²) in [6.07, 6.45) is 1.66. The fourth-order valence-electron chi connectivity index (χ4n) is 1.45. The van der Waals surface area contributed by atoms with Crippen molar-refractivity contribution in [2.24, 2.45) is 0 Å². The third kappa shape index (κ3) is 1.10. The first-order valence-electron chi connectivity index (χ1n) is 4.02. The van der Waals surface area contributed by atoms with Gasteiger partial charge in [0.2, 0.25) is 0 Å². The van der Waals surface area contributed by atoms with Gasteiger partial charge in [-0.2, -0.15) is 0 Å². The molecule has 5 nitrogen and oxygen atoms in total. The maximum atomic E-state index is 10.8. The van der Waals surface area contributed by atoms with Gasteiger partial charge < -0.3 is 9.72 Å². The van der Waals surface area contributed by atoms with E-state index in [-0.39, 0.29) is 11.4 Å². The van der Waals surface area contributed by atoms with Crippen molar-refractivity contribution in [3.05, 3.63) is 34.5 Å². The molecule has 0 unspecified atom stereocenters. The maximum Gasteiger partial charge on any atom is 0.320 e. The summed E-state index contributed by atoms with van der Waals surface area (Å²) in [5.74, 6) is 0.280. The minimum Gasteiger partial charge on any atom is -0.490 e. The molecule has 5 heteroatoms. The van der Waals surface area contributed by atoms with Crippen LogP contribution in [0.1, 0.15) is 0 Å². The summed E-state index contributed by atoms with van der Waals surface area (Å²) in [5.41, 5.74) is 0.740. The molecule has 0 fully saturated rings. The quantitative estimate of drug-likeness (QED) is 0.585. The first kappa shape index (κ1) is 8.55. The molecule has 0 atom stereocenters. The highest BCUT2D eigenvalue weighted by Gasteiger charge is 2.19. The topological polar surface area (TPSA) is 68.2 Å². The van der Waals surface area contributed by atoms with Crippen LogP contribution < -0.4 is 4.74 Å². The normalized spacial score (nSPS) is 10.4. The van der Waals surface area contributed by atoms with E-state index >= 15 is 0 Å². The number of hydrogen-bond acceptors (Lipinski definition) is 3. The van der Waals surface area contributed by atoms with Gasteiger partial charge in [0.15, 0.2) is 5.75 Å². The SMILES string of the molecule is COc1ccc2[nH]ccc2c1[N+](=O)[O-]. The zero-order valence-electron chi connectivity index (χ0n) is 7.48. The van der Waals surface area contributed by atoms with Crippen LogP contribution >= 0.6 is 0 Å². The summed E-state index contributed by atoms with van der Waals surface area (Å²) in [6, 6.07) is 4.99. The van der Waals surface area contributed by atoms with Crippen molar-refractivity contribution in [3.8, 4) is 5.75 Å². The molecule has 0 aliphatic rings. The van der Waals surface area contributed by atoms with Gasteiger partial charge in [-0.1, -0.05) is 0 Å². The van der Waals surface area contributed by atoms with Gasteiger partial charge in [-0.15, -0.1) is 0 Å². The van der Waals surface area contributed by atoms with E-state index in [0.29, 0.717) is 5.39 Å². The average Bonchev–Trinajstić information content (AvgIpc) is 2.62. The van der Waals surface area contributed by atoms with Crippen molar-refractivity contribution in [2.45, 2.75) is 0 Å². The Morgan fingerprint density at radius 3 is 2.86 bits per heavy atom. The summed E-state index contributed by atoms with van der Waals surface area (Å²) in [7, 11) is 1.42. The second-order valence-corrected chi connectivity index (χ2v) is 2.81. The molecule has 0 aliphatic heterocycles. The summed E-state index contributed by atoms with van der Waals surface area (Å²) in [4.78, 5) is 13.3. The Labute approximate surface area is 79.5 Å². The molecule has 1 N–H and O–H groups in total. The van der Waals surface area contributed by atoms with E-state index in [9.17, 15) is 10.1 Å². The van der Waals surface area contributed by atoms with Gasteiger partial charge in [-0.25, -0.2) is 0 Å². The second kappa shape index (κ2) is 3.02. The van der Waals surface area contributed by atoms with Gasteiger partial charge in [0.1, 0.15) is 0 Å². The third-order valence-corrected chi connectivity index (χ3v) is 2.07. The van der Waals surface area contributed by atoms with E-state index in [1.54, 1.807) is 24.4 Å². The van der Waals surface area contributed by atoms with Crippen LogP contribution in [0.2, 0.25) is 0 Å². The van der Waals surface area contributed by atoms with E-state index in [1.807, 2.05) is 0 Å². The molecular weight excluding hydrogens is 184 g/mol. The molecule has 1 aromatic heterocycles. The summed E-state index contributed by atoms with van der Waals surface area (Å²) in [5, 5.41) is 11.4. The summed E-state index contributed by atoms with van der Waals surface area (Å²) >= 11 is 0. The highest BCUT2D eigenvalue weighted by Crippen LogP contribution is 2.34. The highest BCUT2D eigenvalue weighted by molar-refractivity contribution is 5.91. The Morgan fingerprint density at radius 1 is 1.43 bits per heavy atom. The fraction of sp³-hybridized carbons (Fsp3) is 0.111. The number of fused-ring (bicyclic) bond motifs is 1. The average molecular weight is 192 g/mol. The largest absolute Gasteiger partial charge is 0.490 e. The Balaban J connectivity index is 2.82. The van der Waals surface area contributed by atoms with Crippen molar-refractivity contribution in [1.82, 2.24) is 4.98 Å². The van der Waals surface area contributed by atoms with Crippen molar-refractivity contribution < 1.29 is 9.66 Å². The smallest absolute Gasteiger partial charge is 0.320 e. The standard InChI is InChI=1S/C9H8N2O3/c1-14-8-3-2-7-6(4-5-10-7)9(8)11(12)13/h2-5,10H,1H3. The Bertz CT molecular complexity index is 490. The van der Waals surface area contributed by atoms with Gasteiger partial charge >= 0.3 is 5.69 Å². The van der Waals surface area contributed by atoms with Crippen LogP contribution in [0.15, 0.2) is 24.4 Å². The van der Waals surface area contributed by atoms with Gasteiger partial charge in [0, 0.05) is 6.20 Å². The maximum absolute atomic E-state index is 10.8. The van der Waals surface area contributed by atoms with Gasteiger partial charge in [-0.05, 0) is 18.2 Å². The lowest BCUT2D eigenvalue weighted by Gasteiger charge is -2.01. The van der Waals surface area contributed by atoms with E-state index in [1.165, 1.54) is 7.11 Å². The number of aromatic amines is 1. The number of ether oxygens (including phenoxy) is 1. The molecule has 0 aliphatic carbocycles. The third-order valence-electron chi connectivity index (χ3n) is 2.07. The predicted octanol–water partition coefficient (Wildman–Crippen LogP) is 2.08. The molecule has 0 bridgehead atoms. The monoisotopic (exact) mass is 192 g/mol. The molecule has 14 heavy (non-hydrogen) atoms. The van der Waals surface area contributed by atoms with Crippen LogP contribution in [-0.2, 0) is 0 Å². The number of nitro groups is 1.